The molecule has 7 nitrogen and oxygen atoms in total. The van der Waals surface area contributed by atoms with E-state index in [1.807, 2.05) is 0 Å². The fourth-order valence-corrected chi connectivity index (χ4v) is 1.55. The second kappa shape index (κ2) is 4.58. The van der Waals surface area contributed by atoms with E-state index in [4.69, 9.17) is 14.9 Å². The Bertz CT molecular complexity index is 322. The lowest BCUT2D eigenvalue weighted by Crippen LogP contribution is -2.56. The average Bonchev–Trinajstić information content (AvgIpc) is 2.13. The van der Waals surface area contributed by atoms with E-state index in [1.54, 1.807) is 0 Å². The van der Waals surface area contributed by atoms with Crippen LogP contribution < -0.4 is 0 Å². The maximum atomic E-state index is 11.3. The Balaban J connectivity index is 3.04. The first-order valence-corrected chi connectivity index (χ1v) is 4.70. The number of carbonyl (C=O) groups is 3. The van der Waals surface area contributed by atoms with Crippen molar-refractivity contribution >= 4 is 17.7 Å². The third kappa shape index (κ3) is 2.37. The Kier molecular flexibility index (Phi) is 3.61. The first-order chi connectivity index (χ1) is 7.38. The number of rotatable bonds is 2. The van der Waals surface area contributed by atoms with Crippen molar-refractivity contribution in [3.63, 3.8) is 0 Å². The summed E-state index contributed by atoms with van der Waals surface area (Å²) in [5.74, 6) is -3.85. The number of hydrogen-bond acceptors (Lipinski definition) is 5. The van der Waals surface area contributed by atoms with Crippen LogP contribution in [0.15, 0.2) is 0 Å². The lowest BCUT2D eigenvalue weighted by Gasteiger charge is -2.30. The van der Waals surface area contributed by atoms with Gasteiger partial charge in [0.2, 0.25) is 5.60 Å². The summed E-state index contributed by atoms with van der Waals surface area (Å²) in [5.41, 5.74) is -2.69. The number of Topliss-reactive ketones (excluding diaryl/α,β-unsaturated/α-hetero) is 1. The standard InChI is InChI=1S/C9H12O7/c10-5-2-1-3-16-6(7(11)12)9(15,4-5)8(13)14/h6,15H,1-4H2,(H,11,12)(H,13,14). The smallest absolute Gasteiger partial charge is 0.339 e. The van der Waals surface area contributed by atoms with E-state index in [1.165, 1.54) is 0 Å². The van der Waals surface area contributed by atoms with Gasteiger partial charge in [0.25, 0.3) is 0 Å². The van der Waals surface area contributed by atoms with Crippen molar-refractivity contribution in [1.29, 1.82) is 0 Å². The molecule has 1 aliphatic heterocycles. The molecule has 0 spiro atoms. The van der Waals surface area contributed by atoms with Gasteiger partial charge in [0.05, 0.1) is 0 Å². The van der Waals surface area contributed by atoms with Gasteiger partial charge in [-0.2, -0.15) is 0 Å². The van der Waals surface area contributed by atoms with Crippen LogP contribution in [0.2, 0.25) is 0 Å². The summed E-state index contributed by atoms with van der Waals surface area (Å²) in [7, 11) is 0. The zero-order valence-electron chi connectivity index (χ0n) is 8.38. The molecule has 90 valence electrons. The van der Waals surface area contributed by atoms with Gasteiger partial charge < -0.3 is 20.1 Å². The zero-order chi connectivity index (χ0) is 12.3. The van der Waals surface area contributed by atoms with Gasteiger partial charge in [0.1, 0.15) is 5.78 Å². The predicted molar refractivity (Wildman–Crippen MR) is 48.8 cm³/mol. The van der Waals surface area contributed by atoms with Crippen molar-refractivity contribution in [1.82, 2.24) is 0 Å². The lowest BCUT2D eigenvalue weighted by atomic mass is 9.88. The number of hydrogen-bond donors (Lipinski definition) is 3. The Morgan fingerprint density at radius 1 is 1.38 bits per heavy atom. The Hall–Kier alpha value is -1.47. The minimum Gasteiger partial charge on any atom is -0.479 e. The Morgan fingerprint density at radius 2 is 2.00 bits per heavy atom. The maximum Gasteiger partial charge on any atom is 0.339 e. The molecular formula is C9H12O7. The van der Waals surface area contributed by atoms with Crippen molar-refractivity contribution in [3.05, 3.63) is 0 Å². The number of carbonyl (C=O) groups excluding carboxylic acids is 1. The summed E-state index contributed by atoms with van der Waals surface area (Å²) >= 11 is 0. The van der Waals surface area contributed by atoms with E-state index in [9.17, 15) is 19.5 Å². The second-order valence-corrected chi connectivity index (χ2v) is 3.64. The molecule has 1 fully saturated rings. The van der Waals surface area contributed by atoms with Gasteiger partial charge in [-0.05, 0) is 6.42 Å². The summed E-state index contributed by atoms with van der Waals surface area (Å²) in [5, 5.41) is 27.3. The van der Waals surface area contributed by atoms with Crippen molar-refractivity contribution in [2.75, 3.05) is 6.61 Å². The first kappa shape index (κ1) is 12.6. The van der Waals surface area contributed by atoms with E-state index in [-0.39, 0.29) is 13.0 Å². The van der Waals surface area contributed by atoms with E-state index in [0.29, 0.717) is 6.42 Å². The molecule has 1 heterocycles. The van der Waals surface area contributed by atoms with Gasteiger partial charge in [-0.15, -0.1) is 0 Å². The van der Waals surface area contributed by atoms with Crippen LogP contribution >= 0.6 is 0 Å². The number of ketones is 1. The summed E-state index contributed by atoms with van der Waals surface area (Å²) < 4.78 is 4.79. The summed E-state index contributed by atoms with van der Waals surface area (Å²) in [4.78, 5) is 32.9. The SMILES string of the molecule is O=C1CCCOC(C(=O)O)C(O)(C(=O)O)C1. The molecule has 0 amide bonds. The minimum absolute atomic E-state index is 0.0711. The van der Waals surface area contributed by atoms with Crippen LogP contribution in [0, 0.1) is 0 Å². The summed E-state index contributed by atoms with van der Waals surface area (Å²) in [6.45, 7) is -0.0711. The molecule has 3 N–H and O–H groups in total. The van der Waals surface area contributed by atoms with E-state index < -0.39 is 35.8 Å². The predicted octanol–water partition coefficient (Wildman–Crippen LogP) is -0.975. The van der Waals surface area contributed by atoms with E-state index in [2.05, 4.69) is 0 Å². The highest BCUT2D eigenvalue weighted by Gasteiger charge is 2.51. The van der Waals surface area contributed by atoms with Gasteiger partial charge in [-0.25, -0.2) is 9.59 Å². The van der Waals surface area contributed by atoms with Gasteiger partial charge in [-0.1, -0.05) is 0 Å². The molecule has 0 aromatic rings. The molecule has 16 heavy (non-hydrogen) atoms. The van der Waals surface area contributed by atoms with Crippen LogP contribution in [0.5, 0.6) is 0 Å². The highest BCUT2D eigenvalue weighted by Crippen LogP contribution is 2.23. The number of aliphatic hydroxyl groups is 1. The molecule has 0 radical (unpaired) electrons. The molecule has 2 atom stereocenters. The highest BCUT2D eigenvalue weighted by molar-refractivity contribution is 5.93. The third-order valence-electron chi connectivity index (χ3n) is 2.38. The molecule has 7 heteroatoms. The van der Waals surface area contributed by atoms with Crippen molar-refractivity contribution in [3.8, 4) is 0 Å². The molecule has 1 saturated heterocycles. The lowest BCUT2D eigenvalue weighted by molar-refractivity contribution is -0.193. The number of carboxylic acid groups (broad SMARTS) is 2. The summed E-state index contributed by atoms with van der Waals surface area (Å²) in [6, 6.07) is 0. The van der Waals surface area contributed by atoms with Crippen LogP contribution in [0.25, 0.3) is 0 Å². The minimum atomic E-state index is -2.69. The topological polar surface area (TPSA) is 121 Å². The molecule has 0 aromatic carbocycles. The molecule has 0 aromatic heterocycles. The zero-order valence-corrected chi connectivity index (χ0v) is 8.38. The van der Waals surface area contributed by atoms with Crippen molar-refractivity contribution < 1.29 is 34.4 Å². The van der Waals surface area contributed by atoms with Gasteiger partial charge in [0, 0.05) is 19.4 Å². The van der Waals surface area contributed by atoms with Crippen LogP contribution in [-0.2, 0) is 19.1 Å². The van der Waals surface area contributed by atoms with Gasteiger partial charge in [-0.3, -0.25) is 4.79 Å². The molecule has 0 saturated carbocycles. The van der Waals surface area contributed by atoms with Gasteiger partial charge in [0.15, 0.2) is 6.10 Å². The molecule has 0 aliphatic carbocycles. The number of carboxylic acids is 2. The molecule has 0 bridgehead atoms. The molecule has 1 aliphatic rings. The monoisotopic (exact) mass is 232 g/mol. The van der Waals surface area contributed by atoms with Crippen LogP contribution in [-0.4, -0.2) is 51.4 Å². The second-order valence-electron chi connectivity index (χ2n) is 3.64. The average molecular weight is 232 g/mol. The van der Waals surface area contributed by atoms with Crippen LogP contribution in [0.3, 0.4) is 0 Å². The maximum absolute atomic E-state index is 11.3. The molecular weight excluding hydrogens is 220 g/mol. The normalized spacial score (nSPS) is 31.6. The highest BCUT2D eigenvalue weighted by atomic mass is 16.5. The summed E-state index contributed by atoms with van der Waals surface area (Å²) in [6.07, 6.45) is -2.28. The Morgan fingerprint density at radius 3 is 2.50 bits per heavy atom. The fraction of sp³-hybridized carbons (Fsp3) is 0.667. The molecule has 2 unspecified atom stereocenters. The Labute approximate surface area is 90.6 Å². The van der Waals surface area contributed by atoms with Crippen LogP contribution in [0.1, 0.15) is 19.3 Å². The fourth-order valence-electron chi connectivity index (χ4n) is 1.55. The van der Waals surface area contributed by atoms with E-state index >= 15 is 0 Å². The number of aliphatic carboxylic acids is 2. The van der Waals surface area contributed by atoms with E-state index in [0.717, 1.165) is 0 Å². The van der Waals surface area contributed by atoms with Crippen LogP contribution in [0.4, 0.5) is 0 Å². The number of ether oxygens (including phenoxy) is 1. The quantitative estimate of drug-likeness (QED) is 0.559. The van der Waals surface area contributed by atoms with Crippen molar-refractivity contribution in [2.24, 2.45) is 0 Å². The third-order valence-corrected chi connectivity index (χ3v) is 2.38. The first-order valence-electron chi connectivity index (χ1n) is 4.70. The van der Waals surface area contributed by atoms with Gasteiger partial charge >= 0.3 is 11.9 Å². The largest absolute Gasteiger partial charge is 0.479 e. The van der Waals surface area contributed by atoms with Crippen molar-refractivity contribution in [2.45, 2.75) is 31.0 Å². The molecule has 1 rings (SSSR count).